The summed E-state index contributed by atoms with van der Waals surface area (Å²) in [6.45, 7) is 0.585. The van der Waals surface area contributed by atoms with E-state index in [1.54, 1.807) is 35.3 Å². The van der Waals surface area contributed by atoms with Crippen molar-refractivity contribution < 1.29 is 22.7 Å². The van der Waals surface area contributed by atoms with E-state index in [2.05, 4.69) is 15.3 Å². The van der Waals surface area contributed by atoms with Crippen LogP contribution in [-0.4, -0.2) is 50.0 Å². The zero-order valence-electron chi connectivity index (χ0n) is 15.1. The van der Waals surface area contributed by atoms with E-state index in [-0.39, 0.29) is 6.10 Å². The van der Waals surface area contributed by atoms with E-state index >= 15 is 0 Å². The molecule has 0 radical (unpaired) electrons. The quantitative estimate of drug-likeness (QED) is 0.627. The fourth-order valence-corrected chi connectivity index (χ4v) is 3.11. The van der Waals surface area contributed by atoms with Crippen LogP contribution in [0, 0.1) is 17.5 Å². The number of benzene rings is 1. The lowest BCUT2D eigenvalue weighted by molar-refractivity contribution is 0.0580. The van der Waals surface area contributed by atoms with Crippen molar-refractivity contribution in [2.45, 2.75) is 18.9 Å². The molecule has 2 aromatic heterocycles. The summed E-state index contributed by atoms with van der Waals surface area (Å²) in [4.78, 5) is 13.8. The number of amides is 1. The molecule has 1 aromatic carbocycles. The van der Waals surface area contributed by atoms with Crippen LogP contribution in [0.2, 0.25) is 0 Å². The highest BCUT2D eigenvalue weighted by Crippen LogP contribution is 2.21. The fraction of sp³-hybridized carbons (Fsp3) is 0.263. The second kappa shape index (κ2) is 7.90. The monoisotopic (exact) mass is 403 g/mol. The largest absolute Gasteiger partial charge is 0.473 e. The van der Waals surface area contributed by atoms with Crippen LogP contribution in [0.15, 0.2) is 42.7 Å². The Hall–Kier alpha value is -3.43. The standard InChI is InChI=1S/C19H16F3N5O2/c20-14-3-2-13(17(21)18(14)22)19(28)26-10-6-12(7-11-26)29-16-5-4-15(24-25-16)27-9-1-8-23-27/h1-5,8-9,12H,6-7,10-11H2. The number of nitrogens with zero attached hydrogens (tertiary/aromatic N) is 5. The van der Waals surface area contributed by atoms with Gasteiger partial charge in [0.2, 0.25) is 5.88 Å². The van der Waals surface area contributed by atoms with E-state index in [4.69, 9.17) is 4.74 Å². The van der Waals surface area contributed by atoms with Gasteiger partial charge in [0.05, 0.1) is 5.56 Å². The molecule has 1 aliphatic heterocycles. The summed E-state index contributed by atoms with van der Waals surface area (Å²) in [5.41, 5.74) is -0.483. The van der Waals surface area contributed by atoms with Gasteiger partial charge in [-0.1, -0.05) is 0 Å². The Kier molecular flexibility index (Phi) is 5.15. The summed E-state index contributed by atoms with van der Waals surface area (Å²) in [6.07, 6.45) is 4.15. The van der Waals surface area contributed by atoms with Gasteiger partial charge in [-0.05, 0) is 24.3 Å². The molecule has 0 N–H and O–H groups in total. The van der Waals surface area contributed by atoms with Gasteiger partial charge in [-0.2, -0.15) is 5.10 Å². The molecule has 3 heterocycles. The first kappa shape index (κ1) is 18.9. The van der Waals surface area contributed by atoms with Crippen molar-refractivity contribution in [3.8, 4) is 11.7 Å². The topological polar surface area (TPSA) is 73.1 Å². The molecule has 0 atom stereocenters. The summed E-state index contributed by atoms with van der Waals surface area (Å²) in [6, 6.07) is 6.87. The van der Waals surface area contributed by atoms with Crippen LogP contribution in [0.3, 0.4) is 0 Å². The van der Waals surface area contributed by atoms with Gasteiger partial charge in [-0.15, -0.1) is 10.2 Å². The maximum Gasteiger partial charge on any atom is 0.256 e. The van der Waals surface area contributed by atoms with Crippen molar-refractivity contribution in [1.29, 1.82) is 0 Å². The molecule has 3 aromatic rings. The van der Waals surface area contributed by atoms with E-state index in [1.165, 1.54) is 4.90 Å². The highest BCUT2D eigenvalue weighted by atomic mass is 19.2. The number of hydrogen-bond acceptors (Lipinski definition) is 5. The molecule has 150 valence electrons. The molecule has 0 bridgehead atoms. The number of carbonyl (C=O) groups excluding carboxylic acids is 1. The molecule has 0 spiro atoms. The van der Waals surface area contributed by atoms with E-state index < -0.39 is 28.9 Å². The summed E-state index contributed by atoms with van der Waals surface area (Å²) < 4.78 is 47.7. The Balaban J connectivity index is 1.35. The molecule has 10 heteroatoms. The van der Waals surface area contributed by atoms with Gasteiger partial charge in [0, 0.05) is 44.4 Å². The minimum Gasteiger partial charge on any atom is -0.473 e. The van der Waals surface area contributed by atoms with Gasteiger partial charge in [0.25, 0.3) is 5.91 Å². The number of aromatic nitrogens is 4. The van der Waals surface area contributed by atoms with Crippen molar-refractivity contribution in [1.82, 2.24) is 24.9 Å². The van der Waals surface area contributed by atoms with Gasteiger partial charge in [0.15, 0.2) is 23.3 Å². The smallest absolute Gasteiger partial charge is 0.256 e. The Morgan fingerprint density at radius 2 is 1.83 bits per heavy atom. The Morgan fingerprint density at radius 1 is 1.03 bits per heavy atom. The second-order valence-electron chi connectivity index (χ2n) is 6.51. The van der Waals surface area contributed by atoms with Crippen molar-refractivity contribution in [2.75, 3.05) is 13.1 Å². The molecule has 4 rings (SSSR count). The van der Waals surface area contributed by atoms with E-state index in [1.807, 2.05) is 0 Å². The van der Waals surface area contributed by atoms with Gasteiger partial charge in [0.1, 0.15) is 6.10 Å². The SMILES string of the molecule is O=C(c1ccc(F)c(F)c1F)N1CCC(Oc2ccc(-n3cccn3)nn2)CC1. The van der Waals surface area contributed by atoms with Crippen molar-refractivity contribution in [2.24, 2.45) is 0 Å². The van der Waals surface area contributed by atoms with Crippen LogP contribution in [0.4, 0.5) is 13.2 Å². The van der Waals surface area contributed by atoms with Gasteiger partial charge < -0.3 is 9.64 Å². The second-order valence-corrected chi connectivity index (χ2v) is 6.51. The van der Waals surface area contributed by atoms with Crippen molar-refractivity contribution in [3.05, 3.63) is 65.7 Å². The van der Waals surface area contributed by atoms with Crippen LogP contribution in [0.25, 0.3) is 5.82 Å². The van der Waals surface area contributed by atoms with Crippen LogP contribution in [-0.2, 0) is 0 Å². The third-order valence-electron chi connectivity index (χ3n) is 4.65. The lowest BCUT2D eigenvalue weighted by atomic mass is 10.1. The maximum atomic E-state index is 13.9. The minimum atomic E-state index is -1.65. The first-order chi connectivity index (χ1) is 14.0. The molecule has 29 heavy (non-hydrogen) atoms. The lowest BCUT2D eigenvalue weighted by Crippen LogP contribution is -2.42. The number of ether oxygens (including phenoxy) is 1. The lowest BCUT2D eigenvalue weighted by Gasteiger charge is -2.32. The minimum absolute atomic E-state index is 0.196. The molecule has 7 nitrogen and oxygen atoms in total. The zero-order chi connectivity index (χ0) is 20.4. The van der Waals surface area contributed by atoms with Crippen LogP contribution in [0.5, 0.6) is 5.88 Å². The fourth-order valence-electron chi connectivity index (χ4n) is 3.11. The molecular formula is C19H16F3N5O2. The predicted octanol–water partition coefficient (Wildman–Crippen LogP) is 2.76. The van der Waals surface area contributed by atoms with E-state index in [0.717, 1.165) is 12.1 Å². The molecule has 1 fully saturated rings. The van der Waals surface area contributed by atoms with Gasteiger partial charge in [-0.3, -0.25) is 4.79 Å². The van der Waals surface area contributed by atoms with Crippen molar-refractivity contribution >= 4 is 5.91 Å². The average molecular weight is 403 g/mol. The number of piperidine rings is 1. The highest BCUT2D eigenvalue weighted by molar-refractivity contribution is 5.94. The first-order valence-corrected chi connectivity index (χ1v) is 8.96. The third kappa shape index (κ3) is 3.91. The molecule has 1 amide bonds. The molecule has 0 saturated carbocycles. The number of hydrogen-bond donors (Lipinski definition) is 0. The predicted molar refractivity (Wildman–Crippen MR) is 95.0 cm³/mol. The Bertz CT molecular complexity index is 1000. The molecule has 1 aliphatic rings. The molecule has 0 unspecified atom stereocenters. The number of halogens is 3. The normalized spacial score (nSPS) is 14.8. The molecule has 0 aliphatic carbocycles. The number of rotatable bonds is 4. The average Bonchev–Trinajstić information content (AvgIpc) is 3.28. The highest BCUT2D eigenvalue weighted by Gasteiger charge is 2.28. The third-order valence-corrected chi connectivity index (χ3v) is 4.65. The van der Waals surface area contributed by atoms with E-state index in [0.29, 0.717) is 37.6 Å². The number of carbonyl (C=O) groups is 1. The van der Waals surface area contributed by atoms with Crippen LogP contribution in [0.1, 0.15) is 23.2 Å². The first-order valence-electron chi connectivity index (χ1n) is 8.96. The summed E-state index contributed by atoms with van der Waals surface area (Å²) >= 11 is 0. The summed E-state index contributed by atoms with van der Waals surface area (Å²) in [5.74, 6) is -4.23. The Labute approximate surface area is 163 Å². The van der Waals surface area contributed by atoms with Crippen LogP contribution < -0.4 is 4.74 Å². The van der Waals surface area contributed by atoms with Crippen LogP contribution >= 0.6 is 0 Å². The molecule has 1 saturated heterocycles. The zero-order valence-corrected chi connectivity index (χ0v) is 15.1. The van der Waals surface area contributed by atoms with E-state index in [9.17, 15) is 18.0 Å². The number of likely N-dealkylation sites (tertiary alicyclic amines) is 1. The summed E-state index contributed by atoms with van der Waals surface area (Å²) in [5, 5.41) is 12.1. The van der Waals surface area contributed by atoms with Gasteiger partial charge in [-0.25, -0.2) is 17.9 Å². The summed E-state index contributed by atoms with van der Waals surface area (Å²) in [7, 11) is 0. The van der Waals surface area contributed by atoms with Crippen molar-refractivity contribution in [3.63, 3.8) is 0 Å². The molecular weight excluding hydrogens is 387 g/mol. The van der Waals surface area contributed by atoms with Gasteiger partial charge >= 0.3 is 0 Å². The Morgan fingerprint density at radius 3 is 2.48 bits per heavy atom. The maximum absolute atomic E-state index is 13.9.